The zero-order chi connectivity index (χ0) is 24.0. The molecule has 0 saturated carbocycles. The van der Waals surface area contributed by atoms with Gasteiger partial charge in [0.15, 0.2) is 5.65 Å². The lowest BCUT2D eigenvalue weighted by molar-refractivity contribution is -0.200. The Morgan fingerprint density at radius 3 is 2.74 bits per heavy atom. The molecule has 2 aromatic carbocycles. The number of carbonyl (C=O) groups excluding carboxylic acids is 1. The number of anilines is 2. The van der Waals surface area contributed by atoms with E-state index in [2.05, 4.69) is 26.3 Å². The van der Waals surface area contributed by atoms with Gasteiger partial charge in [-0.1, -0.05) is 18.2 Å². The number of amides is 1. The van der Waals surface area contributed by atoms with Crippen molar-refractivity contribution in [2.24, 2.45) is 0 Å². The summed E-state index contributed by atoms with van der Waals surface area (Å²) in [6, 6.07) is 16.9. The number of nitrogens with zero attached hydrogens (tertiary/aromatic N) is 2. The molecular formula is C26H26N6O3. The Hall–Kier alpha value is -3.76. The standard InChI is InChI=1S/C26H26N6O3/c33-25-21-6-1-16(13-17(21)14-29-25)23-8-7-22(24-28-11-12-32(23)24)30-19-4-2-18(3-5-19)26(34,35)31-20-9-10-27-15-20/h1-8,11-13,20,27,30-31,34-35H,9-10,14-15H2,(H,29,33). The average Bonchev–Trinajstić information content (AvgIpc) is 3.61. The van der Waals surface area contributed by atoms with Crippen LogP contribution in [-0.4, -0.2) is 44.6 Å². The lowest BCUT2D eigenvalue weighted by Gasteiger charge is -2.27. The quantitative estimate of drug-likeness (QED) is 0.238. The van der Waals surface area contributed by atoms with Crippen molar-refractivity contribution in [3.63, 3.8) is 0 Å². The molecule has 0 radical (unpaired) electrons. The van der Waals surface area contributed by atoms with E-state index in [1.54, 1.807) is 18.3 Å². The Morgan fingerprint density at radius 1 is 1.09 bits per heavy atom. The van der Waals surface area contributed by atoms with E-state index in [1.165, 1.54) is 0 Å². The molecule has 178 valence electrons. The number of aromatic nitrogens is 2. The molecule has 4 heterocycles. The van der Waals surface area contributed by atoms with E-state index in [0.29, 0.717) is 18.7 Å². The van der Waals surface area contributed by atoms with Gasteiger partial charge in [-0.3, -0.25) is 14.5 Å². The third-order valence-electron chi connectivity index (χ3n) is 6.67. The predicted octanol–water partition coefficient (Wildman–Crippen LogP) is 2.03. The number of nitrogens with one attached hydrogen (secondary N) is 4. The summed E-state index contributed by atoms with van der Waals surface area (Å²) < 4.78 is 2.01. The molecule has 2 aliphatic rings. The number of pyridine rings is 1. The van der Waals surface area contributed by atoms with Crippen LogP contribution in [0.1, 0.15) is 27.9 Å². The molecule has 0 bridgehead atoms. The number of hydrogen-bond donors (Lipinski definition) is 6. The molecule has 1 atom stereocenters. The second kappa shape index (κ2) is 8.47. The maximum absolute atomic E-state index is 11.9. The smallest absolute Gasteiger partial charge is 0.251 e. The van der Waals surface area contributed by atoms with Gasteiger partial charge in [-0.25, -0.2) is 4.98 Å². The first-order valence-corrected chi connectivity index (χ1v) is 11.7. The zero-order valence-electron chi connectivity index (χ0n) is 19.0. The minimum Gasteiger partial charge on any atom is -0.352 e. The van der Waals surface area contributed by atoms with Crippen molar-refractivity contribution in [2.45, 2.75) is 24.9 Å². The molecule has 35 heavy (non-hydrogen) atoms. The summed E-state index contributed by atoms with van der Waals surface area (Å²) in [5.74, 6) is -2.13. The predicted molar refractivity (Wildman–Crippen MR) is 132 cm³/mol. The Kier molecular flexibility index (Phi) is 5.27. The maximum Gasteiger partial charge on any atom is 0.251 e. The highest BCUT2D eigenvalue weighted by molar-refractivity contribution is 5.99. The van der Waals surface area contributed by atoms with Gasteiger partial charge in [0.2, 0.25) is 0 Å². The molecule has 4 aromatic rings. The fraction of sp³-hybridized carbons (Fsp3) is 0.231. The molecule has 1 amide bonds. The molecule has 9 nitrogen and oxygen atoms in total. The van der Waals surface area contributed by atoms with Crippen molar-refractivity contribution in [3.05, 3.63) is 83.7 Å². The number of benzene rings is 2. The molecule has 9 heteroatoms. The molecule has 1 fully saturated rings. The van der Waals surface area contributed by atoms with E-state index < -0.39 is 5.91 Å². The van der Waals surface area contributed by atoms with E-state index in [4.69, 9.17) is 0 Å². The average molecular weight is 471 g/mol. The summed E-state index contributed by atoms with van der Waals surface area (Å²) in [6.07, 6.45) is 4.51. The first kappa shape index (κ1) is 21.8. The van der Waals surface area contributed by atoms with Crippen LogP contribution in [0.25, 0.3) is 16.9 Å². The highest BCUT2D eigenvalue weighted by atomic mass is 16.5. The normalized spacial score (nSPS) is 17.5. The minimum absolute atomic E-state index is 0.0115. The third-order valence-corrected chi connectivity index (χ3v) is 6.67. The van der Waals surface area contributed by atoms with Gasteiger partial charge in [-0.05, 0) is 60.5 Å². The SMILES string of the molecule is O=C1NCc2cc(-c3ccc(Nc4ccc(C(O)(O)NC5CCNC5)cc4)c4nccn34)ccc21. The van der Waals surface area contributed by atoms with Crippen LogP contribution >= 0.6 is 0 Å². The topological polar surface area (TPSA) is 123 Å². The van der Waals surface area contributed by atoms with Gasteiger partial charge in [0.25, 0.3) is 11.8 Å². The highest BCUT2D eigenvalue weighted by Gasteiger charge is 2.30. The number of aliphatic hydroxyl groups is 2. The number of carbonyl (C=O) groups is 1. The zero-order valence-corrected chi connectivity index (χ0v) is 19.0. The van der Waals surface area contributed by atoms with Gasteiger partial charge in [0, 0.05) is 48.3 Å². The summed E-state index contributed by atoms with van der Waals surface area (Å²) in [6.45, 7) is 2.11. The monoisotopic (exact) mass is 470 g/mol. The fourth-order valence-corrected chi connectivity index (χ4v) is 4.83. The summed E-state index contributed by atoms with van der Waals surface area (Å²) >= 11 is 0. The van der Waals surface area contributed by atoms with E-state index in [1.807, 2.05) is 53.1 Å². The number of imidazole rings is 1. The van der Waals surface area contributed by atoms with E-state index in [9.17, 15) is 15.0 Å². The van der Waals surface area contributed by atoms with Gasteiger partial charge in [0.1, 0.15) is 0 Å². The summed E-state index contributed by atoms with van der Waals surface area (Å²) in [5, 5.41) is 33.4. The molecule has 0 aliphatic carbocycles. The first-order valence-electron chi connectivity index (χ1n) is 11.7. The van der Waals surface area contributed by atoms with Gasteiger partial charge < -0.3 is 26.2 Å². The minimum atomic E-state index is -2.09. The Bertz CT molecular complexity index is 1410. The highest BCUT2D eigenvalue weighted by Crippen LogP contribution is 2.30. The molecule has 1 saturated heterocycles. The Balaban J connectivity index is 1.25. The van der Waals surface area contributed by atoms with Gasteiger partial charge in [0.05, 0.1) is 11.4 Å². The van der Waals surface area contributed by atoms with Crippen LogP contribution in [0.5, 0.6) is 0 Å². The van der Waals surface area contributed by atoms with E-state index in [0.717, 1.165) is 52.4 Å². The van der Waals surface area contributed by atoms with E-state index >= 15 is 0 Å². The molecule has 6 rings (SSSR count). The Morgan fingerprint density at radius 2 is 1.94 bits per heavy atom. The van der Waals surface area contributed by atoms with Crippen molar-refractivity contribution in [3.8, 4) is 11.3 Å². The van der Waals surface area contributed by atoms with E-state index in [-0.39, 0.29) is 11.9 Å². The third kappa shape index (κ3) is 4.04. The lowest BCUT2D eigenvalue weighted by atomic mass is 10.0. The second-order valence-electron chi connectivity index (χ2n) is 9.02. The molecule has 6 N–H and O–H groups in total. The fourth-order valence-electron chi connectivity index (χ4n) is 4.83. The van der Waals surface area contributed by atoms with Crippen molar-refractivity contribution >= 4 is 22.9 Å². The molecule has 2 aliphatic heterocycles. The van der Waals surface area contributed by atoms with Crippen LogP contribution in [0.2, 0.25) is 0 Å². The van der Waals surface area contributed by atoms with Crippen molar-refractivity contribution in [1.82, 2.24) is 25.3 Å². The van der Waals surface area contributed by atoms with Crippen molar-refractivity contribution in [1.29, 1.82) is 0 Å². The molecule has 0 spiro atoms. The van der Waals surface area contributed by atoms with Gasteiger partial charge in [-0.2, -0.15) is 0 Å². The maximum atomic E-state index is 11.9. The molecule has 2 aromatic heterocycles. The Labute approximate surface area is 201 Å². The first-order chi connectivity index (χ1) is 17.0. The number of hydrogen-bond acceptors (Lipinski definition) is 7. The van der Waals surface area contributed by atoms with Crippen LogP contribution in [-0.2, 0) is 12.5 Å². The summed E-state index contributed by atoms with van der Waals surface area (Å²) in [5.41, 5.74) is 6.44. The summed E-state index contributed by atoms with van der Waals surface area (Å²) in [7, 11) is 0. The molecular weight excluding hydrogens is 444 g/mol. The van der Waals surface area contributed by atoms with Crippen LogP contribution in [0, 0.1) is 0 Å². The number of rotatable bonds is 6. The van der Waals surface area contributed by atoms with Crippen LogP contribution < -0.4 is 21.3 Å². The van der Waals surface area contributed by atoms with Crippen molar-refractivity contribution in [2.75, 3.05) is 18.4 Å². The van der Waals surface area contributed by atoms with Gasteiger partial charge >= 0.3 is 0 Å². The van der Waals surface area contributed by atoms with Crippen LogP contribution in [0.4, 0.5) is 11.4 Å². The summed E-state index contributed by atoms with van der Waals surface area (Å²) in [4.78, 5) is 16.4. The van der Waals surface area contributed by atoms with Gasteiger partial charge in [-0.15, -0.1) is 0 Å². The largest absolute Gasteiger partial charge is 0.352 e. The molecule has 1 unspecified atom stereocenters. The number of fused-ring (bicyclic) bond motifs is 2. The van der Waals surface area contributed by atoms with Crippen LogP contribution in [0.3, 0.4) is 0 Å². The van der Waals surface area contributed by atoms with Crippen LogP contribution in [0.15, 0.2) is 67.0 Å². The van der Waals surface area contributed by atoms with Crippen molar-refractivity contribution < 1.29 is 15.0 Å². The second-order valence-corrected chi connectivity index (χ2v) is 9.02. The lowest BCUT2D eigenvalue weighted by Crippen LogP contribution is -2.48.